The lowest BCUT2D eigenvalue weighted by Gasteiger charge is -2.19. The van der Waals surface area contributed by atoms with Gasteiger partial charge in [0.25, 0.3) is 0 Å². The van der Waals surface area contributed by atoms with E-state index in [4.69, 9.17) is 10.8 Å². The number of anilines is 2. The predicted molar refractivity (Wildman–Crippen MR) is 66.9 cm³/mol. The zero-order chi connectivity index (χ0) is 10.8. The third-order valence-corrected chi connectivity index (χ3v) is 4.21. The number of thiophene rings is 1. The minimum Gasteiger partial charge on any atom is -0.395 e. The summed E-state index contributed by atoms with van der Waals surface area (Å²) in [5, 5.41) is 10.7. The largest absolute Gasteiger partial charge is 0.395 e. The minimum absolute atomic E-state index is 0.176. The summed E-state index contributed by atoms with van der Waals surface area (Å²) in [7, 11) is 0. The van der Waals surface area contributed by atoms with E-state index in [9.17, 15) is 0 Å². The number of thiazole rings is 1. The summed E-state index contributed by atoms with van der Waals surface area (Å²) in [5.41, 5.74) is 5.61. The molecule has 0 aliphatic heterocycles. The summed E-state index contributed by atoms with van der Waals surface area (Å²) < 4.78 is 1.13. The second-order valence-corrected chi connectivity index (χ2v) is 5.18. The number of nitrogen functional groups attached to an aromatic ring is 1. The van der Waals surface area contributed by atoms with Crippen molar-refractivity contribution in [1.29, 1.82) is 0 Å². The molecule has 82 valence electrons. The molecule has 2 aromatic rings. The molecule has 0 aromatic carbocycles. The maximum atomic E-state index is 8.93. The highest BCUT2D eigenvalue weighted by atomic mass is 32.1. The van der Waals surface area contributed by atoms with Crippen molar-refractivity contribution in [2.75, 3.05) is 30.3 Å². The molecule has 0 aliphatic carbocycles. The van der Waals surface area contributed by atoms with Crippen molar-refractivity contribution in [3.05, 3.63) is 6.07 Å². The molecule has 2 heterocycles. The van der Waals surface area contributed by atoms with Gasteiger partial charge < -0.3 is 15.7 Å². The fourth-order valence-corrected chi connectivity index (χ4v) is 3.52. The van der Waals surface area contributed by atoms with Gasteiger partial charge >= 0.3 is 0 Å². The van der Waals surface area contributed by atoms with Gasteiger partial charge in [0.1, 0.15) is 4.83 Å². The van der Waals surface area contributed by atoms with Crippen LogP contribution < -0.4 is 10.6 Å². The van der Waals surface area contributed by atoms with E-state index in [1.54, 1.807) is 11.3 Å². The molecular formula is C9H13N3OS2. The van der Waals surface area contributed by atoms with Gasteiger partial charge in [-0.05, 0) is 13.0 Å². The first-order chi connectivity index (χ1) is 7.24. The maximum Gasteiger partial charge on any atom is 0.181 e. The monoisotopic (exact) mass is 243 g/mol. The quantitative estimate of drug-likeness (QED) is 0.859. The fourth-order valence-electron chi connectivity index (χ4n) is 1.44. The standard InChI is InChI=1S/C9H13N3OS2/c1-2-12(3-4-13)7-5-6-8(15-7)11-9(10)14-6/h5,13H,2-4H2,1H3,(H2,10,11). The molecule has 0 spiro atoms. The number of nitrogens with zero attached hydrogens (tertiary/aromatic N) is 2. The third-order valence-electron chi connectivity index (χ3n) is 2.16. The van der Waals surface area contributed by atoms with E-state index in [1.807, 2.05) is 0 Å². The third kappa shape index (κ3) is 2.06. The number of likely N-dealkylation sites (N-methyl/N-ethyl adjacent to an activating group) is 1. The van der Waals surface area contributed by atoms with E-state index in [0.717, 1.165) is 21.1 Å². The number of aromatic nitrogens is 1. The van der Waals surface area contributed by atoms with Crippen molar-refractivity contribution >= 4 is 42.3 Å². The highest BCUT2D eigenvalue weighted by Gasteiger charge is 2.11. The molecule has 0 atom stereocenters. The van der Waals surface area contributed by atoms with Crippen LogP contribution in [0.1, 0.15) is 6.92 Å². The van der Waals surface area contributed by atoms with Crippen molar-refractivity contribution < 1.29 is 5.11 Å². The summed E-state index contributed by atoms with van der Waals surface area (Å²) in [6.45, 7) is 3.81. The molecule has 0 saturated heterocycles. The van der Waals surface area contributed by atoms with Crippen LogP contribution >= 0.6 is 22.7 Å². The van der Waals surface area contributed by atoms with Crippen LogP contribution in [0, 0.1) is 0 Å². The summed E-state index contributed by atoms with van der Waals surface area (Å²) in [5.74, 6) is 0. The summed E-state index contributed by atoms with van der Waals surface area (Å²) >= 11 is 3.13. The summed E-state index contributed by atoms with van der Waals surface area (Å²) in [4.78, 5) is 7.36. The van der Waals surface area contributed by atoms with Crippen LogP contribution in [0.2, 0.25) is 0 Å². The van der Waals surface area contributed by atoms with Crippen molar-refractivity contribution in [3.63, 3.8) is 0 Å². The molecule has 2 aromatic heterocycles. The number of aliphatic hydroxyl groups is 1. The Bertz CT molecular complexity index is 420. The molecule has 0 saturated carbocycles. The Labute approximate surface area is 96.0 Å². The van der Waals surface area contributed by atoms with Gasteiger partial charge in [-0.2, -0.15) is 0 Å². The molecule has 6 heteroatoms. The smallest absolute Gasteiger partial charge is 0.181 e. The average molecular weight is 243 g/mol. The minimum atomic E-state index is 0.176. The van der Waals surface area contributed by atoms with Gasteiger partial charge in [-0.25, -0.2) is 4.98 Å². The number of hydrogen-bond acceptors (Lipinski definition) is 6. The van der Waals surface area contributed by atoms with Gasteiger partial charge in [0.2, 0.25) is 0 Å². The molecule has 0 unspecified atom stereocenters. The van der Waals surface area contributed by atoms with Crippen molar-refractivity contribution in [3.8, 4) is 0 Å². The second-order valence-electron chi connectivity index (χ2n) is 3.11. The van der Waals surface area contributed by atoms with Crippen LogP contribution in [0.25, 0.3) is 9.53 Å². The Morgan fingerprint density at radius 2 is 2.33 bits per heavy atom. The lowest BCUT2D eigenvalue weighted by Crippen LogP contribution is -2.25. The molecule has 0 aliphatic rings. The highest BCUT2D eigenvalue weighted by molar-refractivity contribution is 7.30. The molecule has 0 amide bonds. The van der Waals surface area contributed by atoms with Crippen LogP contribution in [0.15, 0.2) is 6.07 Å². The van der Waals surface area contributed by atoms with Gasteiger partial charge in [0.15, 0.2) is 5.13 Å². The Balaban J connectivity index is 2.30. The van der Waals surface area contributed by atoms with E-state index in [0.29, 0.717) is 11.7 Å². The van der Waals surface area contributed by atoms with Crippen LogP contribution in [-0.4, -0.2) is 29.8 Å². The normalized spacial score (nSPS) is 11.1. The molecule has 4 nitrogen and oxygen atoms in total. The average Bonchev–Trinajstić information content (AvgIpc) is 2.70. The molecule has 15 heavy (non-hydrogen) atoms. The van der Waals surface area contributed by atoms with Crippen molar-refractivity contribution in [2.45, 2.75) is 6.92 Å². The number of nitrogens with two attached hydrogens (primary N) is 1. The van der Waals surface area contributed by atoms with E-state index in [-0.39, 0.29) is 6.61 Å². The zero-order valence-corrected chi connectivity index (χ0v) is 10.1. The topological polar surface area (TPSA) is 62.4 Å². The first-order valence-electron chi connectivity index (χ1n) is 4.76. The predicted octanol–water partition coefficient (Wildman–Crippen LogP) is 1.76. The lowest BCUT2D eigenvalue weighted by molar-refractivity contribution is 0.302. The first-order valence-corrected chi connectivity index (χ1v) is 6.39. The first kappa shape index (κ1) is 10.7. The van der Waals surface area contributed by atoms with Crippen LogP contribution in [0.3, 0.4) is 0 Å². The molecule has 2 rings (SSSR count). The number of aliphatic hydroxyl groups excluding tert-OH is 1. The fraction of sp³-hybridized carbons (Fsp3) is 0.444. The van der Waals surface area contributed by atoms with Crippen LogP contribution in [0.5, 0.6) is 0 Å². The maximum absolute atomic E-state index is 8.93. The van der Waals surface area contributed by atoms with E-state index < -0.39 is 0 Å². The summed E-state index contributed by atoms with van der Waals surface area (Å²) in [6, 6.07) is 2.09. The Hall–Kier alpha value is -0.850. The molecule has 0 bridgehead atoms. The molecular weight excluding hydrogens is 230 g/mol. The van der Waals surface area contributed by atoms with Gasteiger partial charge in [-0.15, -0.1) is 0 Å². The molecule has 0 fully saturated rings. The molecule has 3 N–H and O–H groups in total. The SMILES string of the molecule is CCN(CCO)c1cc2sc(N)nc2s1. The lowest BCUT2D eigenvalue weighted by atomic mass is 10.5. The number of fused-ring (bicyclic) bond motifs is 1. The summed E-state index contributed by atoms with van der Waals surface area (Å²) in [6.07, 6.45) is 0. The van der Waals surface area contributed by atoms with Crippen LogP contribution in [-0.2, 0) is 0 Å². The van der Waals surface area contributed by atoms with E-state index >= 15 is 0 Å². The van der Waals surface area contributed by atoms with E-state index in [1.165, 1.54) is 11.3 Å². The highest BCUT2D eigenvalue weighted by Crippen LogP contribution is 2.36. The van der Waals surface area contributed by atoms with Crippen molar-refractivity contribution in [2.24, 2.45) is 0 Å². The Morgan fingerprint density at radius 1 is 1.53 bits per heavy atom. The van der Waals surface area contributed by atoms with Gasteiger partial charge in [0, 0.05) is 13.1 Å². The second kappa shape index (κ2) is 4.34. The number of hydrogen-bond donors (Lipinski definition) is 2. The molecule has 0 radical (unpaired) electrons. The Kier molecular flexibility index (Phi) is 3.08. The Morgan fingerprint density at radius 3 is 2.93 bits per heavy atom. The van der Waals surface area contributed by atoms with Gasteiger partial charge in [-0.3, -0.25) is 0 Å². The van der Waals surface area contributed by atoms with Gasteiger partial charge in [-0.1, -0.05) is 22.7 Å². The van der Waals surface area contributed by atoms with Crippen molar-refractivity contribution in [1.82, 2.24) is 4.98 Å². The van der Waals surface area contributed by atoms with Crippen LogP contribution in [0.4, 0.5) is 10.1 Å². The van der Waals surface area contributed by atoms with E-state index in [2.05, 4.69) is 22.9 Å². The number of rotatable bonds is 4. The zero-order valence-electron chi connectivity index (χ0n) is 8.43. The van der Waals surface area contributed by atoms with Gasteiger partial charge in [0.05, 0.1) is 16.3 Å².